The Bertz CT molecular complexity index is 572. The number of aromatic nitrogens is 2. The molecule has 0 radical (unpaired) electrons. The van der Waals surface area contributed by atoms with Crippen LogP contribution in [0.4, 0.5) is 9.52 Å². The normalized spacial score (nSPS) is 12.5. The molecule has 0 bridgehead atoms. The molecular formula is C12H14FN3OS2. The van der Waals surface area contributed by atoms with Crippen LogP contribution in [0.1, 0.15) is 18.6 Å². The van der Waals surface area contributed by atoms with Gasteiger partial charge < -0.3 is 10.0 Å². The molecule has 0 unspecified atom stereocenters. The van der Waals surface area contributed by atoms with E-state index < -0.39 is 6.10 Å². The molecule has 4 nitrogen and oxygen atoms in total. The van der Waals surface area contributed by atoms with Gasteiger partial charge in [0.25, 0.3) is 0 Å². The van der Waals surface area contributed by atoms with Crippen molar-refractivity contribution in [3.8, 4) is 0 Å². The van der Waals surface area contributed by atoms with Gasteiger partial charge in [-0.15, -0.1) is 10.2 Å². The predicted octanol–water partition coefficient (Wildman–Crippen LogP) is 2.95. The third-order valence-corrected chi connectivity index (χ3v) is 4.63. The lowest BCUT2D eigenvalue weighted by Gasteiger charge is -2.10. The molecule has 0 saturated carbocycles. The van der Waals surface area contributed by atoms with Crippen molar-refractivity contribution < 1.29 is 9.50 Å². The van der Waals surface area contributed by atoms with E-state index in [1.54, 1.807) is 13.0 Å². The molecule has 2 rings (SSSR count). The first kappa shape index (κ1) is 14.2. The minimum atomic E-state index is -0.723. The third kappa shape index (κ3) is 3.43. The van der Waals surface area contributed by atoms with Gasteiger partial charge in [0.15, 0.2) is 4.34 Å². The molecule has 7 heteroatoms. The highest BCUT2D eigenvalue weighted by Crippen LogP contribution is 2.36. The van der Waals surface area contributed by atoms with Crippen molar-refractivity contribution in [3.63, 3.8) is 0 Å². The Kier molecular flexibility index (Phi) is 4.38. The largest absolute Gasteiger partial charge is 0.389 e. The van der Waals surface area contributed by atoms with Gasteiger partial charge in [0.1, 0.15) is 5.82 Å². The van der Waals surface area contributed by atoms with Crippen molar-refractivity contribution in [3.05, 3.63) is 29.6 Å². The highest BCUT2D eigenvalue weighted by atomic mass is 32.2. The number of hydrogen-bond acceptors (Lipinski definition) is 6. The van der Waals surface area contributed by atoms with Crippen molar-refractivity contribution in [2.24, 2.45) is 0 Å². The van der Waals surface area contributed by atoms with Gasteiger partial charge in [0.05, 0.1) is 6.10 Å². The first-order chi connectivity index (χ1) is 8.97. The zero-order chi connectivity index (χ0) is 14.0. The second-order valence-corrected chi connectivity index (χ2v) is 6.45. The summed E-state index contributed by atoms with van der Waals surface area (Å²) < 4.78 is 14.0. The van der Waals surface area contributed by atoms with E-state index in [0.717, 1.165) is 14.4 Å². The fourth-order valence-corrected chi connectivity index (χ4v) is 3.37. The summed E-state index contributed by atoms with van der Waals surface area (Å²) in [7, 11) is 3.79. The number of anilines is 1. The van der Waals surface area contributed by atoms with Crippen LogP contribution in [0.3, 0.4) is 0 Å². The van der Waals surface area contributed by atoms with Crippen molar-refractivity contribution in [2.75, 3.05) is 19.0 Å². The van der Waals surface area contributed by atoms with Crippen LogP contribution in [-0.2, 0) is 0 Å². The van der Waals surface area contributed by atoms with Crippen molar-refractivity contribution in [1.29, 1.82) is 0 Å². The van der Waals surface area contributed by atoms with Gasteiger partial charge in [0, 0.05) is 19.0 Å². The quantitative estimate of drug-likeness (QED) is 0.940. The maximum atomic E-state index is 13.2. The van der Waals surface area contributed by atoms with Crippen molar-refractivity contribution in [2.45, 2.75) is 22.3 Å². The first-order valence-corrected chi connectivity index (χ1v) is 7.27. The summed E-state index contributed by atoms with van der Waals surface area (Å²) in [6, 6.07) is 4.38. The van der Waals surface area contributed by atoms with Crippen LogP contribution in [0.2, 0.25) is 0 Å². The van der Waals surface area contributed by atoms with Crippen LogP contribution in [-0.4, -0.2) is 29.4 Å². The zero-order valence-electron chi connectivity index (χ0n) is 10.8. The number of aliphatic hydroxyl groups excluding tert-OH is 1. The topological polar surface area (TPSA) is 49.3 Å². The maximum Gasteiger partial charge on any atom is 0.208 e. The first-order valence-electron chi connectivity index (χ1n) is 5.63. The molecule has 102 valence electrons. The standard InChI is InChI=1S/C12H14FN3OS2/c1-7(17)9-6-8(13)4-5-10(9)18-12-15-14-11(19-12)16(2)3/h4-7,17H,1-3H3/t7-/m1/s1. The van der Waals surface area contributed by atoms with Crippen molar-refractivity contribution >= 4 is 28.2 Å². The molecule has 2 aromatic rings. The molecule has 0 amide bonds. The molecule has 0 spiro atoms. The number of benzene rings is 1. The summed E-state index contributed by atoms with van der Waals surface area (Å²) >= 11 is 2.83. The molecule has 0 aliphatic heterocycles. The number of nitrogens with zero attached hydrogens (tertiary/aromatic N) is 3. The highest BCUT2D eigenvalue weighted by molar-refractivity contribution is 8.01. The van der Waals surface area contributed by atoms with E-state index in [9.17, 15) is 9.50 Å². The van der Waals surface area contributed by atoms with E-state index in [-0.39, 0.29) is 5.82 Å². The highest BCUT2D eigenvalue weighted by Gasteiger charge is 2.13. The molecule has 1 N–H and O–H groups in total. The fraction of sp³-hybridized carbons (Fsp3) is 0.333. The van der Waals surface area contributed by atoms with Crippen LogP contribution in [0.25, 0.3) is 0 Å². The number of rotatable bonds is 4. The van der Waals surface area contributed by atoms with E-state index in [4.69, 9.17) is 0 Å². The molecule has 1 aromatic carbocycles. The third-order valence-electron chi connectivity index (χ3n) is 2.40. The van der Waals surface area contributed by atoms with E-state index >= 15 is 0 Å². The lowest BCUT2D eigenvalue weighted by Crippen LogP contribution is -2.07. The molecule has 1 atom stereocenters. The number of hydrogen-bond donors (Lipinski definition) is 1. The Labute approximate surface area is 119 Å². The van der Waals surface area contributed by atoms with Gasteiger partial charge >= 0.3 is 0 Å². The van der Waals surface area contributed by atoms with Gasteiger partial charge in [-0.3, -0.25) is 0 Å². The summed E-state index contributed by atoms with van der Waals surface area (Å²) in [5.74, 6) is -0.355. The van der Waals surface area contributed by atoms with Crippen LogP contribution >= 0.6 is 23.1 Å². The molecule has 0 aliphatic carbocycles. The maximum absolute atomic E-state index is 13.2. The minimum Gasteiger partial charge on any atom is -0.389 e. The Hall–Kier alpha value is -1.18. The number of halogens is 1. The Balaban J connectivity index is 2.27. The second kappa shape index (κ2) is 5.85. The van der Waals surface area contributed by atoms with Gasteiger partial charge in [-0.1, -0.05) is 23.1 Å². The van der Waals surface area contributed by atoms with Gasteiger partial charge in [0.2, 0.25) is 5.13 Å². The molecule has 0 aliphatic rings. The molecule has 19 heavy (non-hydrogen) atoms. The summed E-state index contributed by atoms with van der Waals surface area (Å²) in [4.78, 5) is 2.67. The molecule has 0 fully saturated rings. The summed E-state index contributed by atoms with van der Waals surface area (Å²) in [6.45, 7) is 1.62. The van der Waals surface area contributed by atoms with E-state index in [0.29, 0.717) is 5.56 Å². The summed E-state index contributed by atoms with van der Waals surface area (Å²) in [5, 5.41) is 18.6. The van der Waals surface area contributed by atoms with E-state index in [1.807, 2.05) is 19.0 Å². The smallest absolute Gasteiger partial charge is 0.208 e. The predicted molar refractivity (Wildman–Crippen MR) is 75.4 cm³/mol. The van der Waals surface area contributed by atoms with Crippen molar-refractivity contribution in [1.82, 2.24) is 10.2 Å². The Morgan fingerprint density at radius 3 is 2.68 bits per heavy atom. The Morgan fingerprint density at radius 1 is 1.37 bits per heavy atom. The molecule has 1 aromatic heterocycles. The van der Waals surface area contributed by atoms with Gasteiger partial charge in [-0.25, -0.2) is 4.39 Å². The lowest BCUT2D eigenvalue weighted by molar-refractivity contribution is 0.196. The molecule has 1 heterocycles. The van der Waals surface area contributed by atoms with E-state index in [1.165, 1.54) is 35.2 Å². The minimum absolute atomic E-state index is 0.355. The van der Waals surface area contributed by atoms with Gasteiger partial charge in [-0.05, 0) is 30.7 Å². The van der Waals surface area contributed by atoms with Crippen LogP contribution in [0.15, 0.2) is 27.4 Å². The number of aliphatic hydroxyl groups is 1. The SMILES string of the molecule is C[C@@H](O)c1cc(F)ccc1Sc1nnc(N(C)C)s1. The van der Waals surface area contributed by atoms with Gasteiger partial charge in [-0.2, -0.15) is 0 Å². The lowest BCUT2D eigenvalue weighted by atomic mass is 10.1. The average molecular weight is 299 g/mol. The fourth-order valence-electron chi connectivity index (χ4n) is 1.46. The second-order valence-electron chi connectivity index (χ2n) is 4.21. The molecular weight excluding hydrogens is 285 g/mol. The van der Waals surface area contributed by atoms with Crippen LogP contribution in [0, 0.1) is 5.82 Å². The summed E-state index contributed by atoms with van der Waals surface area (Å²) in [5.41, 5.74) is 0.562. The van der Waals surface area contributed by atoms with E-state index in [2.05, 4.69) is 10.2 Å². The van der Waals surface area contributed by atoms with Crippen LogP contribution < -0.4 is 4.90 Å². The van der Waals surface area contributed by atoms with Crippen LogP contribution in [0.5, 0.6) is 0 Å². The summed E-state index contributed by atoms with van der Waals surface area (Å²) in [6.07, 6.45) is -0.723. The Morgan fingerprint density at radius 2 is 2.11 bits per heavy atom. The molecule has 0 saturated heterocycles. The average Bonchev–Trinajstić information content (AvgIpc) is 2.80. The zero-order valence-corrected chi connectivity index (χ0v) is 12.4. The monoisotopic (exact) mass is 299 g/mol.